The standard InChI is InChI=1S/C14H12Cl3FN2/c15-10-2-3-11(16)9(5-10)7-14(20-19)8-1-4-13(18)12(17)6-8/h1-6,14,20H,7,19H2. The maximum absolute atomic E-state index is 13.2. The summed E-state index contributed by atoms with van der Waals surface area (Å²) < 4.78 is 13.2. The third-order valence-corrected chi connectivity index (χ3v) is 3.87. The Balaban J connectivity index is 2.28. The van der Waals surface area contributed by atoms with Crippen molar-refractivity contribution >= 4 is 34.8 Å². The molecule has 0 radical (unpaired) electrons. The smallest absolute Gasteiger partial charge is 0.141 e. The average Bonchev–Trinajstić information content (AvgIpc) is 2.43. The first-order chi connectivity index (χ1) is 9.51. The summed E-state index contributed by atoms with van der Waals surface area (Å²) in [4.78, 5) is 0. The lowest BCUT2D eigenvalue weighted by molar-refractivity contribution is 0.549. The Morgan fingerprint density at radius 3 is 2.45 bits per heavy atom. The summed E-state index contributed by atoms with van der Waals surface area (Å²) in [5.41, 5.74) is 4.30. The Bertz CT molecular complexity index is 619. The summed E-state index contributed by atoms with van der Waals surface area (Å²) in [6.45, 7) is 0. The summed E-state index contributed by atoms with van der Waals surface area (Å²) in [6, 6.07) is 9.45. The minimum atomic E-state index is -0.466. The van der Waals surface area contributed by atoms with Crippen molar-refractivity contribution in [1.82, 2.24) is 5.43 Å². The van der Waals surface area contributed by atoms with Crippen molar-refractivity contribution in [1.29, 1.82) is 0 Å². The fraction of sp³-hybridized carbons (Fsp3) is 0.143. The molecule has 3 N–H and O–H groups in total. The van der Waals surface area contributed by atoms with Crippen LogP contribution in [-0.4, -0.2) is 0 Å². The summed E-state index contributed by atoms with van der Waals surface area (Å²) in [6.07, 6.45) is 0.512. The van der Waals surface area contributed by atoms with E-state index in [0.29, 0.717) is 16.5 Å². The van der Waals surface area contributed by atoms with Gasteiger partial charge in [-0.15, -0.1) is 0 Å². The van der Waals surface area contributed by atoms with Crippen molar-refractivity contribution in [3.05, 3.63) is 68.4 Å². The summed E-state index contributed by atoms with van der Waals surface area (Å²) in [7, 11) is 0. The van der Waals surface area contributed by atoms with Crippen LogP contribution < -0.4 is 11.3 Å². The molecule has 1 atom stereocenters. The Kier molecular flexibility index (Phi) is 5.24. The zero-order chi connectivity index (χ0) is 14.7. The highest BCUT2D eigenvalue weighted by molar-refractivity contribution is 6.33. The van der Waals surface area contributed by atoms with Crippen LogP contribution >= 0.6 is 34.8 Å². The predicted molar refractivity (Wildman–Crippen MR) is 81.6 cm³/mol. The van der Waals surface area contributed by atoms with Gasteiger partial charge in [-0.05, 0) is 47.9 Å². The zero-order valence-electron chi connectivity index (χ0n) is 10.3. The van der Waals surface area contributed by atoms with Gasteiger partial charge in [0.15, 0.2) is 0 Å². The molecule has 0 heterocycles. The Labute approximate surface area is 131 Å². The number of rotatable bonds is 4. The molecular weight excluding hydrogens is 322 g/mol. The molecule has 0 saturated carbocycles. The molecule has 2 nitrogen and oxygen atoms in total. The van der Waals surface area contributed by atoms with Crippen molar-refractivity contribution in [2.75, 3.05) is 0 Å². The Hall–Kier alpha value is -0.840. The highest BCUT2D eigenvalue weighted by Gasteiger charge is 2.14. The van der Waals surface area contributed by atoms with E-state index in [9.17, 15) is 4.39 Å². The first-order valence-corrected chi connectivity index (χ1v) is 6.99. The largest absolute Gasteiger partial charge is 0.271 e. The molecule has 6 heteroatoms. The van der Waals surface area contributed by atoms with Gasteiger partial charge < -0.3 is 0 Å². The number of hydrogen-bond acceptors (Lipinski definition) is 2. The van der Waals surface area contributed by atoms with Gasteiger partial charge in [0.2, 0.25) is 0 Å². The Morgan fingerprint density at radius 1 is 1.05 bits per heavy atom. The van der Waals surface area contributed by atoms with Crippen LogP contribution in [0.4, 0.5) is 4.39 Å². The lowest BCUT2D eigenvalue weighted by Gasteiger charge is -2.18. The van der Waals surface area contributed by atoms with Gasteiger partial charge in [0.05, 0.1) is 11.1 Å². The Morgan fingerprint density at radius 2 is 1.80 bits per heavy atom. The van der Waals surface area contributed by atoms with Gasteiger partial charge >= 0.3 is 0 Å². The van der Waals surface area contributed by atoms with Crippen molar-refractivity contribution in [3.8, 4) is 0 Å². The second-order valence-corrected chi connectivity index (χ2v) is 5.58. The van der Waals surface area contributed by atoms with E-state index in [1.807, 2.05) is 0 Å². The van der Waals surface area contributed by atoms with E-state index < -0.39 is 5.82 Å². The van der Waals surface area contributed by atoms with Gasteiger partial charge in [0.1, 0.15) is 5.82 Å². The molecule has 0 bridgehead atoms. The van der Waals surface area contributed by atoms with Crippen molar-refractivity contribution in [2.24, 2.45) is 5.84 Å². The van der Waals surface area contributed by atoms with Crippen LogP contribution in [-0.2, 0) is 6.42 Å². The fourth-order valence-corrected chi connectivity index (χ4v) is 2.50. The van der Waals surface area contributed by atoms with Gasteiger partial charge in [-0.3, -0.25) is 11.3 Å². The van der Waals surface area contributed by atoms with Crippen LogP contribution in [0.15, 0.2) is 36.4 Å². The lowest BCUT2D eigenvalue weighted by Crippen LogP contribution is -2.29. The molecule has 0 aliphatic heterocycles. The SMILES string of the molecule is NNC(Cc1cc(Cl)ccc1Cl)c1ccc(F)c(Cl)c1. The average molecular weight is 334 g/mol. The monoisotopic (exact) mass is 332 g/mol. The molecule has 2 rings (SSSR count). The van der Waals surface area contributed by atoms with Crippen LogP contribution in [0, 0.1) is 5.82 Å². The minimum Gasteiger partial charge on any atom is -0.271 e. The van der Waals surface area contributed by atoms with E-state index in [1.165, 1.54) is 6.07 Å². The van der Waals surface area contributed by atoms with Gasteiger partial charge in [-0.2, -0.15) is 0 Å². The molecular formula is C14H12Cl3FN2. The molecule has 0 fully saturated rings. The molecule has 0 amide bonds. The van der Waals surface area contributed by atoms with Crippen molar-refractivity contribution < 1.29 is 4.39 Å². The van der Waals surface area contributed by atoms with Crippen LogP contribution in [0.1, 0.15) is 17.2 Å². The van der Waals surface area contributed by atoms with Crippen LogP contribution in [0.3, 0.4) is 0 Å². The van der Waals surface area contributed by atoms with E-state index in [1.54, 1.807) is 30.3 Å². The summed E-state index contributed by atoms with van der Waals surface area (Å²) in [5, 5.41) is 1.25. The van der Waals surface area contributed by atoms with E-state index >= 15 is 0 Å². The van der Waals surface area contributed by atoms with Crippen LogP contribution in [0.25, 0.3) is 0 Å². The first-order valence-electron chi connectivity index (χ1n) is 5.86. The van der Waals surface area contributed by atoms with Gasteiger partial charge in [-0.25, -0.2) is 4.39 Å². The second-order valence-electron chi connectivity index (χ2n) is 4.33. The molecule has 0 spiro atoms. The van der Waals surface area contributed by atoms with E-state index in [0.717, 1.165) is 11.1 Å². The number of halogens is 4. The lowest BCUT2D eigenvalue weighted by atomic mass is 9.99. The van der Waals surface area contributed by atoms with Crippen LogP contribution in [0.2, 0.25) is 15.1 Å². The van der Waals surface area contributed by atoms with Gasteiger partial charge in [0, 0.05) is 10.0 Å². The molecule has 20 heavy (non-hydrogen) atoms. The minimum absolute atomic E-state index is 0.0555. The van der Waals surface area contributed by atoms with Gasteiger partial charge in [-0.1, -0.05) is 40.9 Å². The molecule has 0 aliphatic rings. The summed E-state index contributed by atoms with van der Waals surface area (Å²) >= 11 is 17.9. The first kappa shape index (κ1) is 15.5. The van der Waals surface area contributed by atoms with E-state index in [2.05, 4.69) is 5.43 Å². The highest BCUT2D eigenvalue weighted by atomic mass is 35.5. The maximum atomic E-state index is 13.2. The molecule has 2 aromatic carbocycles. The van der Waals surface area contributed by atoms with Crippen LogP contribution in [0.5, 0.6) is 0 Å². The molecule has 0 saturated heterocycles. The number of hydrogen-bond donors (Lipinski definition) is 2. The molecule has 1 unspecified atom stereocenters. The van der Waals surface area contributed by atoms with Gasteiger partial charge in [0.25, 0.3) is 0 Å². The zero-order valence-corrected chi connectivity index (χ0v) is 12.6. The molecule has 0 aromatic heterocycles. The maximum Gasteiger partial charge on any atom is 0.141 e. The number of benzene rings is 2. The van der Waals surface area contributed by atoms with E-state index in [-0.39, 0.29) is 11.1 Å². The molecule has 2 aromatic rings. The summed E-state index contributed by atoms with van der Waals surface area (Å²) in [5.74, 6) is 5.10. The fourth-order valence-electron chi connectivity index (χ4n) is 1.92. The third kappa shape index (κ3) is 3.62. The second kappa shape index (κ2) is 6.74. The third-order valence-electron chi connectivity index (χ3n) is 2.98. The van der Waals surface area contributed by atoms with E-state index in [4.69, 9.17) is 40.6 Å². The number of hydrazine groups is 1. The highest BCUT2D eigenvalue weighted by Crippen LogP contribution is 2.27. The number of nitrogens with two attached hydrogens (primary N) is 1. The quantitative estimate of drug-likeness (QED) is 0.637. The van der Waals surface area contributed by atoms with Crippen molar-refractivity contribution in [3.63, 3.8) is 0 Å². The van der Waals surface area contributed by atoms with Crippen molar-refractivity contribution in [2.45, 2.75) is 12.5 Å². The normalized spacial score (nSPS) is 12.4. The predicted octanol–water partition coefficient (Wildman–Crippen LogP) is 4.53. The molecule has 106 valence electrons. The number of nitrogens with one attached hydrogen (secondary N) is 1. The topological polar surface area (TPSA) is 38.0 Å². The molecule has 0 aliphatic carbocycles.